The first-order valence-electron chi connectivity index (χ1n) is 5.04. The lowest BCUT2D eigenvalue weighted by Gasteiger charge is -2.09. The average molecular weight is 193 g/mol. The highest BCUT2D eigenvalue weighted by Crippen LogP contribution is 2.09. The van der Waals surface area contributed by atoms with E-state index in [0.29, 0.717) is 6.54 Å². The number of benzene rings is 1. The normalized spacial score (nSPS) is 12.9. The maximum Gasteiger partial charge on any atom is 0.0636 e. The number of aliphatic hydroxyl groups is 1. The van der Waals surface area contributed by atoms with Gasteiger partial charge in [0.1, 0.15) is 0 Å². The van der Waals surface area contributed by atoms with Gasteiger partial charge in [0.15, 0.2) is 0 Å². The van der Waals surface area contributed by atoms with E-state index in [2.05, 4.69) is 37.4 Å². The molecule has 0 bridgehead atoms. The molecule has 0 heterocycles. The molecule has 1 atom stereocenters. The Morgan fingerprint density at radius 3 is 2.71 bits per heavy atom. The minimum atomic E-state index is -0.278. The van der Waals surface area contributed by atoms with Crippen LogP contribution in [0.3, 0.4) is 0 Å². The van der Waals surface area contributed by atoms with Gasteiger partial charge in [-0.1, -0.05) is 23.8 Å². The van der Waals surface area contributed by atoms with Gasteiger partial charge in [0, 0.05) is 13.1 Å². The summed E-state index contributed by atoms with van der Waals surface area (Å²) in [6.45, 7) is 7.47. The Morgan fingerprint density at radius 1 is 1.36 bits per heavy atom. The first-order chi connectivity index (χ1) is 6.59. The van der Waals surface area contributed by atoms with E-state index in [4.69, 9.17) is 5.11 Å². The maximum absolute atomic E-state index is 9.09. The average Bonchev–Trinajstić information content (AvgIpc) is 2.10. The smallest absolute Gasteiger partial charge is 0.0636 e. The molecule has 0 unspecified atom stereocenters. The highest BCUT2D eigenvalue weighted by Gasteiger charge is 1.99. The molecule has 0 spiro atoms. The number of rotatable bonds is 4. The van der Waals surface area contributed by atoms with Gasteiger partial charge in [-0.25, -0.2) is 0 Å². The van der Waals surface area contributed by atoms with Crippen LogP contribution in [0.25, 0.3) is 0 Å². The lowest BCUT2D eigenvalue weighted by molar-refractivity contribution is 0.191. The second kappa shape index (κ2) is 5.13. The van der Waals surface area contributed by atoms with Crippen molar-refractivity contribution in [2.75, 3.05) is 6.54 Å². The summed E-state index contributed by atoms with van der Waals surface area (Å²) in [7, 11) is 0. The molecule has 0 amide bonds. The van der Waals surface area contributed by atoms with Crippen molar-refractivity contribution in [1.82, 2.24) is 5.32 Å². The maximum atomic E-state index is 9.09. The molecule has 0 saturated heterocycles. The molecule has 0 aliphatic rings. The Labute approximate surface area is 86.0 Å². The van der Waals surface area contributed by atoms with Crippen LogP contribution >= 0.6 is 0 Å². The van der Waals surface area contributed by atoms with E-state index in [1.54, 1.807) is 6.92 Å². The first-order valence-corrected chi connectivity index (χ1v) is 5.04. The topological polar surface area (TPSA) is 32.3 Å². The molecule has 2 N–H and O–H groups in total. The predicted octanol–water partition coefficient (Wildman–Crippen LogP) is 1.77. The van der Waals surface area contributed by atoms with Crippen LogP contribution in [-0.2, 0) is 6.54 Å². The fourth-order valence-corrected chi connectivity index (χ4v) is 1.41. The third-order valence-electron chi connectivity index (χ3n) is 2.26. The molecule has 0 fully saturated rings. The number of nitrogens with one attached hydrogen (secondary N) is 1. The molecule has 2 nitrogen and oxygen atoms in total. The van der Waals surface area contributed by atoms with Gasteiger partial charge in [0.2, 0.25) is 0 Å². The van der Waals surface area contributed by atoms with E-state index in [-0.39, 0.29) is 6.10 Å². The van der Waals surface area contributed by atoms with Gasteiger partial charge in [0.25, 0.3) is 0 Å². The second-order valence-electron chi connectivity index (χ2n) is 3.91. The number of aliphatic hydroxyl groups excluding tert-OH is 1. The number of hydrogen-bond acceptors (Lipinski definition) is 2. The van der Waals surface area contributed by atoms with Crippen molar-refractivity contribution in [2.45, 2.75) is 33.4 Å². The molecule has 0 saturated carbocycles. The monoisotopic (exact) mass is 193 g/mol. The fourth-order valence-electron chi connectivity index (χ4n) is 1.41. The van der Waals surface area contributed by atoms with Gasteiger partial charge < -0.3 is 10.4 Å². The van der Waals surface area contributed by atoms with Crippen LogP contribution in [0.5, 0.6) is 0 Å². The van der Waals surface area contributed by atoms with E-state index in [1.807, 2.05) is 0 Å². The van der Waals surface area contributed by atoms with E-state index in [9.17, 15) is 0 Å². The van der Waals surface area contributed by atoms with Crippen molar-refractivity contribution < 1.29 is 5.11 Å². The molecule has 78 valence electrons. The Morgan fingerprint density at radius 2 is 2.07 bits per heavy atom. The van der Waals surface area contributed by atoms with E-state index >= 15 is 0 Å². The van der Waals surface area contributed by atoms with Crippen molar-refractivity contribution in [3.8, 4) is 0 Å². The number of hydrogen-bond donors (Lipinski definition) is 2. The fraction of sp³-hybridized carbons (Fsp3) is 0.500. The molecule has 0 aliphatic carbocycles. The third-order valence-corrected chi connectivity index (χ3v) is 2.26. The van der Waals surface area contributed by atoms with Gasteiger partial charge in [0.05, 0.1) is 6.10 Å². The van der Waals surface area contributed by atoms with Crippen molar-refractivity contribution >= 4 is 0 Å². The third kappa shape index (κ3) is 3.48. The highest BCUT2D eigenvalue weighted by molar-refractivity contribution is 5.30. The zero-order valence-electron chi connectivity index (χ0n) is 9.17. The summed E-state index contributed by atoms with van der Waals surface area (Å²) < 4.78 is 0. The minimum absolute atomic E-state index is 0.278. The molecule has 1 aromatic rings. The summed E-state index contributed by atoms with van der Waals surface area (Å²) >= 11 is 0. The molecule has 1 aromatic carbocycles. The van der Waals surface area contributed by atoms with Crippen molar-refractivity contribution in [1.29, 1.82) is 0 Å². The summed E-state index contributed by atoms with van der Waals surface area (Å²) in [5, 5.41) is 12.3. The zero-order chi connectivity index (χ0) is 10.6. The van der Waals surface area contributed by atoms with Crippen LogP contribution in [-0.4, -0.2) is 17.8 Å². The summed E-state index contributed by atoms with van der Waals surface area (Å²) in [6.07, 6.45) is -0.278. The highest BCUT2D eigenvalue weighted by atomic mass is 16.3. The first kappa shape index (κ1) is 11.2. The van der Waals surface area contributed by atoms with Crippen molar-refractivity contribution in [3.63, 3.8) is 0 Å². The van der Waals surface area contributed by atoms with E-state index in [0.717, 1.165) is 6.54 Å². The standard InChI is InChI=1S/C12H19NO/c1-9-4-5-10(2)12(6-9)8-13-7-11(3)14/h4-6,11,13-14H,7-8H2,1-3H3/t11-/m0/s1. The minimum Gasteiger partial charge on any atom is -0.392 e. The Bertz CT molecular complexity index is 294. The van der Waals surface area contributed by atoms with Crippen LogP contribution < -0.4 is 5.32 Å². The molecular formula is C12H19NO. The summed E-state index contributed by atoms with van der Waals surface area (Å²) in [5.41, 5.74) is 3.89. The summed E-state index contributed by atoms with van der Waals surface area (Å²) in [5.74, 6) is 0. The van der Waals surface area contributed by atoms with Crippen LogP contribution in [0.4, 0.5) is 0 Å². The SMILES string of the molecule is Cc1ccc(C)c(CNC[C@H](C)O)c1. The van der Waals surface area contributed by atoms with Gasteiger partial charge in [-0.15, -0.1) is 0 Å². The predicted molar refractivity (Wildman–Crippen MR) is 59.3 cm³/mol. The molecule has 0 aromatic heterocycles. The molecule has 0 aliphatic heterocycles. The van der Waals surface area contributed by atoms with Crippen LogP contribution in [0.1, 0.15) is 23.6 Å². The van der Waals surface area contributed by atoms with Gasteiger partial charge in [-0.3, -0.25) is 0 Å². The molecule has 0 radical (unpaired) electrons. The second-order valence-corrected chi connectivity index (χ2v) is 3.91. The van der Waals surface area contributed by atoms with E-state index in [1.165, 1.54) is 16.7 Å². The lowest BCUT2D eigenvalue weighted by atomic mass is 10.1. The van der Waals surface area contributed by atoms with Crippen LogP contribution in [0.2, 0.25) is 0 Å². The summed E-state index contributed by atoms with van der Waals surface area (Å²) in [4.78, 5) is 0. The largest absolute Gasteiger partial charge is 0.392 e. The number of aryl methyl sites for hydroxylation is 2. The molecule has 14 heavy (non-hydrogen) atoms. The lowest BCUT2D eigenvalue weighted by Crippen LogP contribution is -2.24. The quantitative estimate of drug-likeness (QED) is 0.764. The van der Waals surface area contributed by atoms with Gasteiger partial charge in [-0.05, 0) is 31.9 Å². The Hall–Kier alpha value is -0.860. The van der Waals surface area contributed by atoms with E-state index < -0.39 is 0 Å². The zero-order valence-corrected chi connectivity index (χ0v) is 9.17. The van der Waals surface area contributed by atoms with Crippen LogP contribution in [0, 0.1) is 13.8 Å². The Balaban J connectivity index is 2.53. The molecule has 1 rings (SSSR count). The summed E-state index contributed by atoms with van der Waals surface area (Å²) in [6, 6.07) is 6.44. The molecular weight excluding hydrogens is 174 g/mol. The van der Waals surface area contributed by atoms with Crippen molar-refractivity contribution in [2.24, 2.45) is 0 Å². The van der Waals surface area contributed by atoms with Gasteiger partial charge in [-0.2, -0.15) is 0 Å². The van der Waals surface area contributed by atoms with Crippen molar-refractivity contribution in [3.05, 3.63) is 34.9 Å². The van der Waals surface area contributed by atoms with Gasteiger partial charge >= 0.3 is 0 Å². The Kier molecular flexibility index (Phi) is 4.11. The van der Waals surface area contributed by atoms with Crippen LogP contribution in [0.15, 0.2) is 18.2 Å². The molecule has 2 heteroatoms.